The number of amides is 2. The Hall–Kier alpha value is -3.11. The molecule has 0 aliphatic carbocycles. The predicted molar refractivity (Wildman–Crippen MR) is 117 cm³/mol. The standard InChI is InChI=1S/C23H24ClN5O2/c1-16(2)28-14-21(30)29(13-17-3-5-19(24)6-4-17)23(22(28)31)8-10-27(15-23)20-11-18(12-25)7-9-26-20/h3-7,9,11,16H,8,10,13-15H2,1-2H3. The molecule has 2 aliphatic heterocycles. The van der Waals surface area contributed by atoms with Crippen LogP contribution in [-0.4, -0.2) is 57.8 Å². The second-order valence-corrected chi connectivity index (χ2v) is 8.79. The van der Waals surface area contributed by atoms with Gasteiger partial charge in [-0.3, -0.25) is 9.59 Å². The van der Waals surface area contributed by atoms with E-state index in [0.29, 0.717) is 42.5 Å². The van der Waals surface area contributed by atoms with Crippen LogP contribution in [0.15, 0.2) is 42.6 Å². The molecule has 1 aromatic heterocycles. The van der Waals surface area contributed by atoms with Gasteiger partial charge in [-0.05, 0) is 50.1 Å². The molecule has 2 aliphatic rings. The fraction of sp³-hybridized carbons (Fsp3) is 0.391. The van der Waals surface area contributed by atoms with Crippen LogP contribution in [0.5, 0.6) is 0 Å². The zero-order chi connectivity index (χ0) is 22.2. The summed E-state index contributed by atoms with van der Waals surface area (Å²) in [5, 5.41) is 9.85. The van der Waals surface area contributed by atoms with Crippen molar-refractivity contribution in [3.63, 3.8) is 0 Å². The molecule has 4 rings (SSSR count). The molecule has 2 fully saturated rings. The van der Waals surface area contributed by atoms with Gasteiger partial charge < -0.3 is 14.7 Å². The Labute approximate surface area is 186 Å². The molecule has 3 heterocycles. The first-order chi connectivity index (χ1) is 14.8. The number of hydrogen-bond donors (Lipinski definition) is 0. The summed E-state index contributed by atoms with van der Waals surface area (Å²) in [5.74, 6) is 0.545. The van der Waals surface area contributed by atoms with Gasteiger partial charge in [-0.15, -0.1) is 0 Å². The molecule has 1 spiro atoms. The van der Waals surface area contributed by atoms with E-state index in [4.69, 9.17) is 11.6 Å². The van der Waals surface area contributed by atoms with Crippen molar-refractivity contribution in [2.24, 2.45) is 0 Å². The van der Waals surface area contributed by atoms with Crippen molar-refractivity contribution < 1.29 is 9.59 Å². The lowest BCUT2D eigenvalue weighted by atomic mass is 9.89. The molecule has 1 aromatic carbocycles. The Morgan fingerprint density at radius 3 is 2.65 bits per heavy atom. The number of benzene rings is 1. The van der Waals surface area contributed by atoms with E-state index in [1.54, 1.807) is 40.3 Å². The average Bonchev–Trinajstić information content (AvgIpc) is 3.21. The Balaban J connectivity index is 1.70. The summed E-state index contributed by atoms with van der Waals surface area (Å²) in [6.45, 7) is 5.19. The monoisotopic (exact) mass is 437 g/mol. The predicted octanol–water partition coefficient (Wildman–Crippen LogP) is 2.83. The molecular formula is C23H24ClN5O2. The second kappa shape index (κ2) is 8.20. The van der Waals surface area contributed by atoms with E-state index >= 15 is 0 Å². The highest BCUT2D eigenvalue weighted by molar-refractivity contribution is 6.30. The summed E-state index contributed by atoms with van der Waals surface area (Å²) in [7, 11) is 0. The number of piperazine rings is 1. The highest BCUT2D eigenvalue weighted by atomic mass is 35.5. The molecule has 31 heavy (non-hydrogen) atoms. The Kier molecular flexibility index (Phi) is 5.59. The van der Waals surface area contributed by atoms with Gasteiger partial charge in [0.1, 0.15) is 17.9 Å². The van der Waals surface area contributed by atoms with Crippen LogP contribution in [0.2, 0.25) is 5.02 Å². The van der Waals surface area contributed by atoms with Crippen LogP contribution >= 0.6 is 11.6 Å². The third-order valence-electron chi connectivity index (χ3n) is 6.11. The van der Waals surface area contributed by atoms with E-state index in [2.05, 4.69) is 11.1 Å². The number of rotatable bonds is 4. The van der Waals surface area contributed by atoms with E-state index < -0.39 is 5.54 Å². The highest BCUT2D eigenvalue weighted by Gasteiger charge is 2.56. The summed E-state index contributed by atoms with van der Waals surface area (Å²) in [5.41, 5.74) is 0.466. The lowest BCUT2D eigenvalue weighted by molar-refractivity contribution is -0.166. The van der Waals surface area contributed by atoms with Gasteiger partial charge in [0.2, 0.25) is 5.91 Å². The lowest BCUT2D eigenvalue weighted by Crippen LogP contribution is -2.69. The van der Waals surface area contributed by atoms with Crippen molar-refractivity contribution >= 4 is 29.2 Å². The van der Waals surface area contributed by atoms with Crippen LogP contribution in [-0.2, 0) is 16.1 Å². The number of pyridine rings is 1. The minimum absolute atomic E-state index is 0.0324. The zero-order valence-electron chi connectivity index (χ0n) is 17.6. The maximum atomic E-state index is 13.7. The normalized spacial score (nSPS) is 21.3. The molecule has 0 bridgehead atoms. The van der Waals surface area contributed by atoms with Crippen molar-refractivity contribution in [2.45, 2.75) is 38.4 Å². The number of halogens is 1. The lowest BCUT2D eigenvalue weighted by Gasteiger charge is -2.48. The maximum absolute atomic E-state index is 13.7. The summed E-state index contributed by atoms with van der Waals surface area (Å²) in [6.07, 6.45) is 2.10. The van der Waals surface area contributed by atoms with Crippen LogP contribution in [0.25, 0.3) is 0 Å². The molecule has 0 N–H and O–H groups in total. The first-order valence-electron chi connectivity index (χ1n) is 10.3. The van der Waals surface area contributed by atoms with Gasteiger partial charge in [-0.25, -0.2) is 4.98 Å². The first-order valence-corrected chi connectivity index (χ1v) is 10.7. The van der Waals surface area contributed by atoms with Gasteiger partial charge >= 0.3 is 0 Å². The fourth-order valence-electron chi connectivity index (χ4n) is 4.40. The second-order valence-electron chi connectivity index (χ2n) is 8.35. The molecule has 0 radical (unpaired) electrons. The molecule has 160 valence electrons. The van der Waals surface area contributed by atoms with Crippen LogP contribution in [0, 0.1) is 11.3 Å². The van der Waals surface area contributed by atoms with Crippen molar-refractivity contribution in [3.05, 3.63) is 58.7 Å². The summed E-state index contributed by atoms with van der Waals surface area (Å²) < 4.78 is 0. The SMILES string of the molecule is CC(C)N1CC(=O)N(Cc2ccc(Cl)cc2)C2(CCN(c3cc(C#N)ccn3)C2)C1=O. The van der Waals surface area contributed by atoms with E-state index in [0.717, 1.165) is 5.56 Å². The van der Waals surface area contributed by atoms with Crippen molar-refractivity contribution in [1.82, 2.24) is 14.8 Å². The third-order valence-corrected chi connectivity index (χ3v) is 6.36. The van der Waals surface area contributed by atoms with Crippen molar-refractivity contribution in [2.75, 3.05) is 24.5 Å². The number of nitrogens with zero attached hydrogens (tertiary/aromatic N) is 5. The largest absolute Gasteiger partial charge is 0.354 e. The van der Waals surface area contributed by atoms with E-state index in [9.17, 15) is 14.9 Å². The topological polar surface area (TPSA) is 80.5 Å². The molecule has 2 saturated heterocycles. The molecular weight excluding hydrogens is 414 g/mol. The number of carbonyl (C=O) groups excluding carboxylic acids is 2. The van der Waals surface area contributed by atoms with Gasteiger partial charge in [-0.2, -0.15) is 5.26 Å². The molecule has 1 atom stereocenters. The zero-order valence-corrected chi connectivity index (χ0v) is 18.3. The number of hydrogen-bond acceptors (Lipinski definition) is 5. The van der Waals surface area contributed by atoms with Gasteiger partial charge in [0.15, 0.2) is 0 Å². The quantitative estimate of drug-likeness (QED) is 0.734. The van der Waals surface area contributed by atoms with Crippen molar-refractivity contribution in [3.8, 4) is 6.07 Å². The van der Waals surface area contributed by atoms with Crippen LogP contribution in [0.1, 0.15) is 31.4 Å². The molecule has 0 saturated carbocycles. The molecule has 2 aromatic rings. The molecule has 2 amide bonds. The number of aromatic nitrogens is 1. The Morgan fingerprint density at radius 2 is 1.97 bits per heavy atom. The van der Waals surface area contributed by atoms with E-state index in [1.807, 2.05) is 30.9 Å². The van der Waals surface area contributed by atoms with Crippen molar-refractivity contribution in [1.29, 1.82) is 5.26 Å². The van der Waals surface area contributed by atoms with E-state index in [-0.39, 0.29) is 24.4 Å². The Bertz CT molecular complexity index is 1050. The van der Waals surface area contributed by atoms with Gasteiger partial charge in [0.25, 0.3) is 5.91 Å². The first kappa shape index (κ1) is 21.1. The number of nitriles is 1. The van der Waals surface area contributed by atoms with Gasteiger partial charge in [-0.1, -0.05) is 23.7 Å². The molecule has 1 unspecified atom stereocenters. The minimum Gasteiger partial charge on any atom is -0.354 e. The van der Waals surface area contributed by atoms with Gasteiger partial charge in [0, 0.05) is 30.4 Å². The smallest absolute Gasteiger partial charge is 0.251 e. The van der Waals surface area contributed by atoms with Crippen LogP contribution < -0.4 is 4.90 Å². The van der Waals surface area contributed by atoms with Crippen LogP contribution in [0.4, 0.5) is 5.82 Å². The minimum atomic E-state index is -0.969. The number of anilines is 1. The summed E-state index contributed by atoms with van der Waals surface area (Å²) >= 11 is 6.01. The highest BCUT2D eigenvalue weighted by Crippen LogP contribution is 2.37. The fourth-order valence-corrected chi connectivity index (χ4v) is 4.52. The third kappa shape index (κ3) is 3.84. The van der Waals surface area contributed by atoms with Gasteiger partial charge in [0.05, 0.1) is 18.2 Å². The summed E-state index contributed by atoms with van der Waals surface area (Å²) in [6, 6.07) is 12.8. The van der Waals surface area contributed by atoms with E-state index in [1.165, 1.54) is 0 Å². The number of carbonyl (C=O) groups is 2. The summed E-state index contributed by atoms with van der Waals surface area (Å²) in [4.78, 5) is 36.7. The Morgan fingerprint density at radius 1 is 1.23 bits per heavy atom. The molecule has 8 heteroatoms. The maximum Gasteiger partial charge on any atom is 0.251 e. The van der Waals surface area contributed by atoms with Crippen LogP contribution in [0.3, 0.4) is 0 Å². The molecule has 7 nitrogen and oxygen atoms in total. The average molecular weight is 438 g/mol.